The molecule has 0 atom stereocenters. The van der Waals surface area contributed by atoms with Gasteiger partial charge in [0.2, 0.25) is 5.91 Å². The second-order valence-electron chi connectivity index (χ2n) is 4.14. The number of carbonyl (C=O) groups is 2. The molecule has 2 aromatic rings. The highest BCUT2D eigenvalue weighted by atomic mass is 32.1. The highest BCUT2D eigenvalue weighted by molar-refractivity contribution is 7.14. The average molecular weight is 301 g/mol. The van der Waals surface area contributed by atoms with Crippen LogP contribution in [-0.4, -0.2) is 18.5 Å². The van der Waals surface area contributed by atoms with Gasteiger partial charge in [0.25, 0.3) is 0 Å². The lowest BCUT2D eigenvalue weighted by atomic mass is 10.1. The molecule has 1 aromatic heterocycles. The summed E-state index contributed by atoms with van der Waals surface area (Å²) in [7, 11) is 0. The summed E-state index contributed by atoms with van der Waals surface area (Å²) >= 11 is 1.44. The second-order valence-corrected chi connectivity index (χ2v) is 5.05. The number of anilines is 1. The number of rotatable bonds is 5. The van der Waals surface area contributed by atoms with Crippen LogP contribution in [0.3, 0.4) is 0 Å². The van der Waals surface area contributed by atoms with E-state index in [0.717, 1.165) is 22.2 Å². The van der Waals surface area contributed by atoms with E-state index in [1.165, 1.54) is 17.4 Å². The molecule has 21 heavy (non-hydrogen) atoms. The van der Waals surface area contributed by atoms with Crippen LogP contribution in [-0.2, 0) is 14.3 Å². The minimum absolute atomic E-state index is 0.288. The molecule has 4 nitrogen and oxygen atoms in total. The van der Waals surface area contributed by atoms with E-state index in [0.29, 0.717) is 0 Å². The van der Waals surface area contributed by atoms with Gasteiger partial charge in [-0.15, -0.1) is 11.3 Å². The van der Waals surface area contributed by atoms with Gasteiger partial charge in [0.05, 0.1) is 11.6 Å². The third kappa shape index (κ3) is 4.57. The summed E-state index contributed by atoms with van der Waals surface area (Å²) < 4.78 is 4.70. The molecule has 0 bridgehead atoms. The minimum Gasteiger partial charge on any atom is -0.463 e. The van der Waals surface area contributed by atoms with Crippen LogP contribution in [0.1, 0.15) is 6.92 Å². The van der Waals surface area contributed by atoms with Gasteiger partial charge in [-0.3, -0.25) is 4.79 Å². The fourth-order valence-electron chi connectivity index (χ4n) is 1.68. The van der Waals surface area contributed by atoms with Crippen LogP contribution in [0.25, 0.3) is 11.1 Å². The number of ether oxygens (including phenoxy) is 1. The van der Waals surface area contributed by atoms with E-state index >= 15 is 0 Å². The van der Waals surface area contributed by atoms with Crippen LogP contribution >= 0.6 is 11.3 Å². The summed E-state index contributed by atoms with van der Waals surface area (Å²) in [6, 6.07) is 11.8. The Bertz CT molecular complexity index is 647. The SMILES string of the molecule is CCOC(=O)/C=C/C(=O)Nc1cc(-c2ccccc2)cs1. The van der Waals surface area contributed by atoms with Crippen molar-refractivity contribution in [3.05, 3.63) is 53.9 Å². The number of hydrogen-bond acceptors (Lipinski definition) is 4. The number of amides is 1. The molecule has 0 radical (unpaired) electrons. The zero-order valence-corrected chi connectivity index (χ0v) is 12.4. The molecule has 0 fully saturated rings. The van der Waals surface area contributed by atoms with E-state index in [9.17, 15) is 9.59 Å². The van der Waals surface area contributed by atoms with Crippen molar-refractivity contribution in [2.45, 2.75) is 6.92 Å². The molecule has 0 aliphatic carbocycles. The summed E-state index contributed by atoms with van der Waals surface area (Å²) in [6.07, 6.45) is 2.28. The van der Waals surface area contributed by atoms with Gasteiger partial charge in [0, 0.05) is 17.5 Å². The molecule has 2 rings (SSSR count). The molecule has 0 aliphatic rings. The first-order valence-electron chi connectivity index (χ1n) is 6.49. The van der Waals surface area contributed by atoms with Crippen molar-refractivity contribution in [2.24, 2.45) is 0 Å². The Morgan fingerprint density at radius 3 is 2.67 bits per heavy atom. The zero-order valence-electron chi connectivity index (χ0n) is 11.5. The Morgan fingerprint density at radius 1 is 1.19 bits per heavy atom. The molecule has 0 unspecified atom stereocenters. The Hall–Kier alpha value is -2.40. The average Bonchev–Trinajstić information content (AvgIpc) is 2.95. The largest absolute Gasteiger partial charge is 0.463 e. The summed E-state index contributed by atoms with van der Waals surface area (Å²) in [5.74, 6) is -0.881. The first-order chi connectivity index (χ1) is 10.2. The van der Waals surface area contributed by atoms with Crippen LogP contribution in [0.4, 0.5) is 5.00 Å². The van der Waals surface area contributed by atoms with Gasteiger partial charge in [-0.05, 0) is 24.1 Å². The van der Waals surface area contributed by atoms with E-state index in [2.05, 4.69) is 5.32 Å². The fourth-order valence-corrected chi connectivity index (χ4v) is 2.49. The third-order valence-corrected chi connectivity index (χ3v) is 3.46. The van der Waals surface area contributed by atoms with Gasteiger partial charge in [-0.1, -0.05) is 30.3 Å². The molecule has 1 heterocycles. The van der Waals surface area contributed by atoms with Crippen molar-refractivity contribution in [2.75, 3.05) is 11.9 Å². The highest BCUT2D eigenvalue weighted by Crippen LogP contribution is 2.28. The van der Waals surface area contributed by atoms with Gasteiger partial charge in [0.15, 0.2) is 0 Å². The molecule has 108 valence electrons. The molecular weight excluding hydrogens is 286 g/mol. The molecule has 5 heteroatoms. The molecule has 0 spiro atoms. The smallest absolute Gasteiger partial charge is 0.330 e. The second kappa shape index (κ2) is 7.40. The van der Waals surface area contributed by atoms with Crippen molar-refractivity contribution in [1.82, 2.24) is 0 Å². The molecule has 0 saturated carbocycles. The lowest BCUT2D eigenvalue weighted by Gasteiger charge is -1.98. The number of esters is 1. The molecule has 1 aromatic carbocycles. The Balaban J connectivity index is 1.97. The molecule has 1 amide bonds. The lowest BCUT2D eigenvalue weighted by Crippen LogP contribution is -2.08. The Labute approximate surface area is 127 Å². The van der Waals surface area contributed by atoms with E-state index in [4.69, 9.17) is 4.74 Å². The molecular formula is C16H15NO3S. The first kappa shape index (κ1) is 15.0. The summed E-state index contributed by atoms with van der Waals surface area (Å²) in [4.78, 5) is 22.8. The minimum atomic E-state index is -0.524. The summed E-state index contributed by atoms with van der Waals surface area (Å²) in [5.41, 5.74) is 2.14. The monoisotopic (exact) mass is 301 g/mol. The predicted octanol–water partition coefficient (Wildman–Crippen LogP) is 3.47. The Morgan fingerprint density at radius 2 is 1.95 bits per heavy atom. The van der Waals surface area contributed by atoms with E-state index in [1.54, 1.807) is 6.92 Å². The Kier molecular flexibility index (Phi) is 5.29. The predicted molar refractivity (Wildman–Crippen MR) is 84.2 cm³/mol. The van der Waals surface area contributed by atoms with E-state index in [1.807, 2.05) is 41.8 Å². The van der Waals surface area contributed by atoms with Crippen molar-refractivity contribution >= 4 is 28.2 Å². The van der Waals surface area contributed by atoms with Gasteiger partial charge >= 0.3 is 5.97 Å². The fraction of sp³-hybridized carbons (Fsp3) is 0.125. The van der Waals surface area contributed by atoms with Gasteiger partial charge in [0.1, 0.15) is 0 Å². The molecule has 0 saturated heterocycles. The van der Waals surface area contributed by atoms with Crippen molar-refractivity contribution in [3.63, 3.8) is 0 Å². The van der Waals surface area contributed by atoms with Gasteiger partial charge in [-0.2, -0.15) is 0 Å². The first-order valence-corrected chi connectivity index (χ1v) is 7.37. The number of nitrogens with one attached hydrogen (secondary N) is 1. The quantitative estimate of drug-likeness (QED) is 0.679. The van der Waals surface area contributed by atoms with Gasteiger partial charge in [-0.25, -0.2) is 4.79 Å². The zero-order chi connectivity index (χ0) is 15.1. The number of hydrogen-bond donors (Lipinski definition) is 1. The molecule has 1 N–H and O–H groups in total. The maximum Gasteiger partial charge on any atom is 0.330 e. The number of thiophene rings is 1. The van der Waals surface area contributed by atoms with Crippen LogP contribution in [0, 0.1) is 0 Å². The normalized spacial score (nSPS) is 10.5. The number of benzene rings is 1. The maximum absolute atomic E-state index is 11.7. The topological polar surface area (TPSA) is 55.4 Å². The van der Waals surface area contributed by atoms with Crippen LogP contribution in [0.15, 0.2) is 53.9 Å². The molecule has 0 aliphatic heterocycles. The third-order valence-electron chi connectivity index (χ3n) is 2.61. The standard InChI is InChI=1S/C16H15NO3S/c1-2-20-16(19)9-8-14(18)17-15-10-13(11-21-15)12-6-4-3-5-7-12/h3-11H,2H2,1H3,(H,17,18)/b9-8+. The van der Waals surface area contributed by atoms with Crippen LogP contribution < -0.4 is 5.32 Å². The highest BCUT2D eigenvalue weighted by Gasteiger charge is 2.05. The van der Waals surface area contributed by atoms with Crippen LogP contribution in [0.2, 0.25) is 0 Å². The van der Waals surface area contributed by atoms with Gasteiger partial charge < -0.3 is 10.1 Å². The summed E-state index contributed by atoms with van der Waals surface area (Å²) in [5, 5.41) is 5.42. The van der Waals surface area contributed by atoms with Crippen molar-refractivity contribution in [1.29, 1.82) is 0 Å². The maximum atomic E-state index is 11.7. The van der Waals surface area contributed by atoms with Crippen molar-refractivity contribution < 1.29 is 14.3 Å². The summed E-state index contributed by atoms with van der Waals surface area (Å²) in [6.45, 7) is 2.00. The van der Waals surface area contributed by atoms with Crippen LogP contribution in [0.5, 0.6) is 0 Å². The van der Waals surface area contributed by atoms with E-state index in [-0.39, 0.29) is 12.5 Å². The van der Waals surface area contributed by atoms with E-state index < -0.39 is 5.97 Å². The van der Waals surface area contributed by atoms with Crippen molar-refractivity contribution in [3.8, 4) is 11.1 Å². The number of carbonyl (C=O) groups excluding carboxylic acids is 2. The lowest BCUT2D eigenvalue weighted by molar-refractivity contribution is -0.137.